The van der Waals surface area contributed by atoms with E-state index in [4.69, 9.17) is 0 Å². The van der Waals surface area contributed by atoms with Crippen molar-refractivity contribution in [3.63, 3.8) is 0 Å². The molecule has 0 N–H and O–H groups in total. The fraction of sp³-hybridized carbons (Fsp3) is 1.00. The van der Waals surface area contributed by atoms with Crippen molar-refractivity contribution in [1.29, 1.82) is 0 Å². The number of likely N-dealkylation sites (N-methyl/N-ethyl adjacent to an activating group) is 3. The Labute approximate surface area is 95.0 Å². The van der Waals surface area contributed by atoms with Gasteiger partial charge in [-0.2, -0.15) is 0 Å². The van der Waals surface area contributed by atoms with E-state index in [1.54, 1.807) is 0 Å². The highest BCUT2D eigenvalue weighted by molar-refractivity contribution is 4.84. The van der Waals surface area contributed by atoms with Gasteiger partial charge in [-0.3, -0.25) is 4.90 Å². The van der Waals surface area contributed by atoms with Gasteiger partial charge in [0.05, 0.1) is 0 Å². The molecule has 1 rings (SSSR count). The van der Waals surface area contributed by atoms with Crippen LogP contribution in [0.3, 0.4) is 0 Å². The lowest BCUT2D eigenvalue weighted by molar-refractivity contribution is 0.0776. The molecule has 0 bridgehead atoms. The summed E-state index contributed by atoms with van der Waals surface area (Å²) in [6.45, 7) is 2.39. The molecule has 3 heteroatoms. The van der Waals surface area contributed by atoms with Crippen molar-refractivity contribution in [3.8, 4) is 0 Å². The maximum atomic E-state index is 2.59. The number of hydrogen-bond acceptors (Lipinski definition) is 3. The van der Waals surface area contributed by atoms with Crippen LogP contribution in [0, 0.1) is 0 Å². The Bertz CT molecular complexity index is 162. The third-order valence-corrected chi connectivity index (χ3v) is 3.38. The van der Waals surface area contributed by atoms with Crippen LogP contribution in [-0.4, -0.2) is 75.1 Å². The molecule has 15 heavy (non-hydrogen) atoms. The summed E-state index contributed by atoms with van der Waals surface area (Å²) in [7, 11) is 11.0. The van der Waals surface area contributed by atoms with Gasteiger partial charge in [-0.15, -0.1) is 0 Å². The van der Waals surface area contributed by atoms with Gasteiger partial charge in [0, 0.05) is 25.2 Å². The summed E-state index contributed by atoms with van der Waals surface area (Å²) in [6, 6.07) is 1.50. The number of piperidine rings is 1. The summed E-state index contributed by atoms with van der Waals surface area (Å²) >= 11 is 0. The second kappa shape index (κ2) is 5.83. The molecule has 0 aromatic rings. The standard InChI is InChI=1S/C12H27N3/c1-13(2)9-11-7-6-8-12(15(11)5)10-14(3)4/h11-12H,6-10H2,1-5H3. The highest BCUT2D eigenvalue weighted by Crippen LogP contribution is 2.21. The van der Waals surface area contributed by atoms with Crippen LogP contribution in [0.15, 0.2) is 0 Å². The quantitative estimate of drug-likeness (QED) is 0.689. The zero-order valence-corrected chi connectivity index (χ0v) is 11.0. The molecule has 1 aliphatic heterocycles. The molecule has 2 atom stereocenters. The predicted octanol–water partition coefficient (Wildman–Crippen LogP) is 0.963. The van der Waals surface area contributed by atoms with E-state index in [-0.39, 0.29) is 0 Å². The summed E-state index contributed by atoms with van der Waals surface area (Å²) in [5.41, 5.74) is 0. The van der Waals surface area contributed by atoms with Crippen molar-refractivity contribution in [1.82, 2.24) is 14.7 Å². The lowest BCUT2D eigenvalue weighted by atomic mass is 9.95. The van der Waals surface area contributed by atoms with Gasteiger partial charge in [0.1, 0.15) is 0 Å². The highest BCUT2D eigenvalue weighted by atomic mass is 15.2. The van der Waals surface area contributed by atoms with E-state index >= 15 is 0 Å². The van der Waals surface area contributed by atoms with Gasteiger partial charge >= 0.3 is 0 Å². The van der Waals surface area contributed by atoms with Crippen LogP contribution in [0.1, 0.15) is 19.3 Å². The summed E-state index contributed by atoms with van der Waals surface area (Å²) in [5, 5.41) is 0. The van der Waals surface area contributed by atoms with E-state index < -0.39 is 0 Å². The number of nitrogens with zero attached hydrogens (tertiary/aromatic N) is 3. The molecular formula is C12H27N3. The first-order valence-corrected chi connectivity index (χ1v) is 6.02. The molecule has 0 aliphatic carbocycles. The van der Waals surface area contributed by atoms with Gasteiger partial charge in [-0.1, -0.05) is 6.42 Å². The summed E-state index contributed by atoms with van der Waals surface area (Å²) in [4.78, 5) is 7.20. The van der Waals surface area contributed by atoms with E-state index in [0.29, 0.717) is 0 Å². The van der Waals surface area contributed by atoms with Crippen molar-refractivity contribution in [2.75, 3.05) is 48.3 Å². The Morgan fingerprint density at radius 3 is 1.67 bits per heavy atom. The van der Waals surface area contributed by atoms with Crippen LogP contribution < -0.4 is 0 Å². The number of hydrogen-bond donors (Lipinski definition) is 0. The summed E-state index contributed by atoms with van der Waals surface area (Å²) in [5.74, 6) is 0. The predicted molar refractivity (Wildman–Crippen MR) is 66.3 cm³/mol. The topological polar surface area (TPSA) is 9.72 Å². The molecule has 1 fully saturated rings. The van der Waals surface area contributed by atoms with E-state index in [0.717, 1.165) is 12.1 Å². The third kappa shape index (κ3) is 4.09. The molecule has 0 aromatic heterocycles. The summed E-state index contributed by atoms with van der Waals surface area (Å²) < 4.78 is 0. The highest BCUT2D eigenvalue weighted by Gasteiger charge is 2.27. The maximum Gasteiger partial charge on any atom is 0.0223 e. The van der Waals surface area contributed by atoms with Crippen LogP contribution in [0.25, 0.3) is 0 Å². The SMILES string of the molecule is CN(C)CC1CCCC(CN(C)C)N1C. The van der Waals surface area contributed by atoms with Crippen LogP contribution in [0.4, 0.5) is 0 Å². The third-order valence-electron chi connectivity index (χ3n) is 3.38. The monoisotopic (exact) mass is 213 g/mol. The van der Waals surface area contributed by atoms with Gasteiger partial charge in [-0.05, 0) is 48.1 Å². The average Bonchev–Trinajstić information content (AvgIpc) is 2.10. The van der Waals surface area contributed by atoms with Crippen molar-refractivity contribution >= 4 is 0 Å². The minimum atomic E-state index is 0.749. The zero-order valence-electron chi connectivity index (χ0n) is 11.0. The van der Waals surface area contributed by atoms with Crippen LogP contribution in [0.2, 0.25) is 0 Å². The lowest BCUT2D eigenvalue weighted by Crippen LogP contribution is -2.51. The average molecular weight is 213 g/mol. The second-order valence-electron chi connectivity index (χ2n) is 5.43. The molecule has 0 aromatic carbocycles. The van der Waals surface area contributed by atoms with Crippen molar-refractivity contribution in [2.45, 2.75) is 31.3 Å². The smallest absolute Gasteiger partial charge is 0.0223 e. The van der Waals surface area contributed by atoms with Gasteiger partial charge in [-0.25, -0.2) is 0 Å². The molecule has 1 heterocycles. The van der Waals surface area contributed by atoms with E-state index in [1.165, 1.54) is 32.4 Å². The Balaban J connectivity index is 2.47. The molecule has 3 nitrogen and oxygen atoms in total. The first-order chi connectivity index (χ1) is 7.00. The van der Waals surface area contributed by atoms with Crippen LogP contribution >= 0.6 is 0 Å². The maximum absolute atomic E-state index is 2.59. The van der Waals surface area contributed by atoms with Crippen molar-refractivity contribution < 1.29 is 0 Å². The molecule has 1 aliphatic rings. The Morgan fingerprint density at radius 2 is 1.33 bits per heavy atom. The van der Waals surface area contributed by atoms with Gasteiger partial charge in [0.25, 0.3) is 0 Å². The Kier molecular flexibility index (Phi) is 5.03. The van der Waals surface area contributed by atoms with E-state index in [1.807, 2.05) is 0 Å². The van der Waals surface area contributed by atoms with Gasteiger partial charge in [0.15, 0.2) is 0 Å². The van der Waals surface area contributed by atoms with Crippen molar-refractivity contribution in [2.24, 2.45) is 0 Å². The molecule has 0 spiro atoms. The van der Waals surface area contributed by atoms with Gasteiger partial charge in [0.2, 0.25) is 0 Å². The molecule has 90 valence electrons. The van der Waals surface area contributed by atoms with Crippen LogP contribution in [0.5, 0.6) is 0 Å². The van der Waals surface area contributed by atoms with Crippen LogP contribution in [-0.2, 0) is 0 Å². The lowest BCUT2D eigenvalue weighted by Gasteiger charge is -2.41. The van der Waals surface area contributed by atoms with E-state index in [9.17, 15) is 0 Å². The summed E-state index contributed by atoms with van der Waals surface area (Å²) in [6.07, 6.45) is 4.11. The number of likely N-dealkylation sites (tertiary alicyclic amines) is 1. The molecule has 0 amide bonds. The van der Waals surface area contributed by atoms with Gasteiger partial charge < -0.3 is 9.80 Å². The zero-order chi connectivity index (χ0) is 11.4. The first kappa shape index (κ1) is 12.9. The fourth-order valence-electron chi connectivity index (χ4n) is 2.58. The fourth-order valence-corrected chi connectivity index (χ4v) is 2.58. The molecule has 2 unspecified atom stereocenters. The molecular weight excluding hydrogens is 186 g/mol. The minimum Gasteiger partial charge on any atom is -0.308 e. The molecule has 1 saturated heterocycles. The Morgan fingerprint density at radius 1 is 0.933 bits per heavy atom. The largest absolute Gasteiger partial charge is 0.308 e. The normalized spacial score (nSPS) is 29.0. The van der Waals surface area contributed by atoms with Crippen molar-refractivity contribution in [3.05, 3.63) is 0 Å². The first-order valence-electron chi connectivity index (χ1n) is 6.02. The van der Waals surface area contributed by atoms with E-state index in [2.05, 4.69) is 49.9 Å². The Hall–Kier alpha value is -0.120. The molecule has 0 saturated carbocycles. The second-order valence-corrected chi connectivity index (χ2v) is 5.43. The minimum absolute atomic E-state index is 0.749. The number of rotatable bonds is 4. The molecule has 0 radical (unpaired) electrons.